The molecule has 3 aliphatic heterocycles. The van der Waals surface area contributed by atoms with Crippen LogP contribution in [0.15, 0.2) is 488 Å². The topological polar surface area (TPSA) is 26.3 Å². The summed E-state index contributed by atoms with van der Waals surface area (Å²) >= 11 is 0. The Balaban J connectivity index is 0.000000109. The van der Waals surface area contributed by atoms with Gasteiger partial charge in [0, 0.05) is 21.5 Å². The van der Waals surface area contributed by atoms with Crippen molar-refractivity contribution in [3.05, 3.63) is 479 Å². The molecule has 20 aromatic carbocycles. The average Bonchev–Trinajstić information content (AvgIpc) is 1.61. The predicted molar refractivity (Wildman–Crippen MR) is 532 cm³/mol. The van der Waals surface area contributed by atoms with E-state index in [0.717, 1.165) is 43.9 Å². The molecule has 580 valence electrons. The molecule has 22 aromatic rings. The molecular formula is C120H79B3O2. The molecule has 0 radical (unpaired) electrons. The number of hydrogen-bond donors (Lipinski definition) is 0. The summed E-state index contributed by atoms with van der Waals surface area (Å²) in [5.74, 6) is 0. The highest BCUT2D eigenvalue weighted by Crippen LogP contribution is 2.43. The summed E-state index contributed by atoms with van der Waals surface area (Å²) in [6.45, 7) is 0.200. The van der Waals surface area contributed by atoms with Crippen molar-refractivity contribution >= 4 is 113 Å². The van der Waals surface area contributed by atoms with E-state index in [9.17, 15) is 0 Å². The maximum atomic E-state index is 6.26. The van der Waals surface area contributed by atoms with Gasteiger partial charge >= 0.3 is 0 Å². The van der Waals surface area contributed by atoms with Crippen molar-refractivity contribution in [2.45, 2.75) is 0 Å². The molecule has 5 heteroatoms. The van der Waals surface area contributed by atoms with Crippen LogP contribution in [-0.2, 0) is 0 Å². The van der Waals surface area contributed by atoms with Crippen LogP contribution in [0, 0.1) is 0 Å². The lowest BCUT2D eigenvalue weighted by Gasteiger charge is -2.20. The first-order valence-corrected chi connectivity index (χ1v) is 43.3. The molecule has 0 amide bonds. The van der Waals surface area contributed by atoms with Gasteiger partial charge in [0.25, 0.3) is 0 Å². The van der Waals surface area contributed by atoms with E-state index in [4.69, 9.17) is 8.83 Å². The zero-order chi connectivity index (χ0) is 82.7. The second kappa shape index (κ2) is 32.0. The minimum absolute atomic E-state index is 0.0118. The molecular weight excluding hydrogens is 1510 g/mol. The van der Waals surface area contributed by atoms with Gasteiger partial charge in [-0.05, 0) is 182 Å². The van der Waals surface area contributed by atoms with Gasteiger partial charge in [0.1, 0.15) is 22.3 Å². The van der Waals surface area contributed by atoms with Crippen molar-refractivity contribution in [2.24, 2.45) is 0 Å². The monoisotopic (exact) mass is 1580 g/mol. The van der Waals surface area contributed by atoms with Crippen LogP contribution in [0.3, 0.4) is 0 Å². The Bertz CT molecular complexity index is 7510. The first kappa shape index (κ1) is 74.3. The van der Waals surface area contributed by atoms with Gasteiger partial charge in [-0.25, -0.2) is 0 Å². The highest BCUT2D eigenvalue weighted by molar-refractivity contribution is 6.99. The molecule has 0 saturated heterocycles. The average molecular weight is 1590 g/mol. The van der Waals surface area contributed by atoms with E-state index in [1.54, 1.807) is 0 Å². The molecule has 125 heavy (non-hydrogen) atoms. The largest absolute Gasteiger partial charge is 0.456 e. The number of furan rings is 2. The smallest absolute Gasteiger partial charge is 0.242 e. The summed E-state index contributed by atoms with van der Waals surface area (Å²) in [5, 5.41) is 4.62. The molecule has 0 saturated carbocycles. The lowest BCUT2D eigenvalue weighted by molar-refractivity contribution is 0.668. The Morgan fingerprint density at radius 2 is 0.352 bits per heavy atom. The van der Waals surface area contributed by atoms with Crippen LogP contribution < -0.4 is 49.2 Å². The SMILES string of the molecule is c1ccc(-c2ccc3c(c2)-c2ccccc2-c2cc(-c4ccccc4)ccc2B3c2ccc3oc4ccccc4c3c2)cc1.c1ccc(-c2ccc3c(c2)B(c2ccc4oc5ccccc5c4c2)c2cc(-c4ccccc4)ccc2-c2ccccc2-3)cc1.c1ccc(B2c3ccc(-c4ccccc4)cc3-c3ccccc3-c3cc(-c4ccccc4)ccc32)cc1. The van der Waals surface area contributed by atoms with Crippen molar-refractivity contribution in [3.63, 3.8) is 0 Å². The maximum absolute atomic E-state index is 6.26. The van der Waals surface area contributed by atoms with Crippen LogP contribution in [0.25, 0.3) is 177 Å². The van der Waals surface area contributed by atoms with Crippen LogP contribution in [0.5, 0.6) is 0 Å². The van der Waals surface area contributed by atoms with Gasteiger partial charge in [-0.2, -0.15) is 0 Å². The minimum atomic E-state index is 0.0118. The Hall–Kier alpha value is -15.8. The first-order chi connectivity index (χ1) is 62.0. The van der Waals surface area contributed by atoms with Crippen molar-refractivity contribution in [3.8, 4) is 134 Å². The molecule has 2 aromatic heterocycles. The standard InChI is InChI=1S/2C42H27BO.C36H25B/c1-3-11-28(12-4-1)30-19-22-35-33-15-7-8-16-34(33)36-23-20-31(29-13-5-2-6-14-29)26-40(36)43(39(35)25-30)32-21-24-42-38(27-32)37-17-9-10-18-41(37)44-42;1-3-11-28(12-4-1)30-19-22-39-36(25-30)33-15-7-8-16-34(33)37-26-31(29-13-5-2-6-14-29)20-23-40(37)43(39)32-21-24-42-38(27-32)35-17-9-10-18-41(35)44-42;1-4-12-26(13-5-1)28-20-22-35-33(24-28)31-18-10-11-19-32(31)34-25-29(27-14-6-2-7-15-27)21-23-36(34)37(35)30-16-8-3-9-17-30/h2*1-27H;1-25H. The van der Waals surface area contributed by atoms with Gasteiger partial charge in [-0.1, -0.05) is 480 Å². The van der Waals surface area contributed by atoms with Crippen molar-refractivity contribution in [1.82, 2.24) is 0 Å². The van der Waals surface area contributed by atoms with Crippen molar-refractivity contribution in [1.29, 1.82) is 0 Å². The Kier molecular flexibility index (Phi) is 19.0. The molecule has 0 spiro atoms. The van der Waals surface area contributed by atoms with E-state index in [1.807, 2.05) is 12.1 Å². The second-order valence-corrected chi connectivity index (χ2v) is 33.1. The fourth-order valence-corrected chi connectivity index (χ4v) is 20.1. The minimum Gasteiger partial charge on any atom is -0.456 e. The van der Waals surface area contributed by atoms with E-state index >= 15 is 0 Å². The maximum Gasteiger partial charge on any atom is 0.242 e. The fraction of sp³-hybridized carbons (Fsp3) is 0. The number of fused-ring (bicyclic) bond motifs is 21. The molecule has 0 unspecified atom stereocenters. The molecule has 5 heterocycles. The summed E-state index contributed by atoms with van der Waals surface area (Å²) in [5.41, 5.74) is 45.7. The highest BCUT2D eigenvalue weighted by Gasteiger charge is 2.37. The Labute approximate surface area is 729 Å². The van der Waals surface area contributed by atoms with Crippen LogP contribution in [-0.4, -0.2) is 20.1 Å². The number of hydrogen-bond acceptors (Lipinski definition) is 2. The van der Waals surface area contributed by atoms with Gasteiger partial charge in [0.15, 0.2) is 0 Å². The van der Waals surface area contributed by atoms with Crippen LogP contribution in [0.2, 0.25) is 0 Å². The summed E-state index contributed by atoms with van der Waals surface area (Å²) in [6, 6.07) is 174. The Morgan fingerprint density at radius 1 is 0.120 bits per heavy atom. The van der Waals surface area contributed by atoms with Gasteiger partial charge in [-0.3, -0.25) is 0 Å². The number of benzene rings is 20. The molecule has 0 bridgehead atoms. The van der Waals surface area contributed by atoms with Gasteiger partial charge in [0.05, 0.1) is 0 Å². The summed E-state index contributed by atoms with van der Waals surface area (Å²) in [4.78, 5) is 0. The molecule has 0 N–H and O–H groups in total. The molecule has 0 fully saturated rings. The van der Waals surface area contributed by atoms with Crippen LogP contribution in [0.1, 0.15) is 0 Å². The summed E-state index contributed by atoms with van der Waals surface area (Å²) < 4.78 is 12.5. The van der Waals surface area contributed by atoms with E-state index in [0.29, 0.717) is 0 Å². The summed E-state index contributed by atoms with van der Waals surface area (Å²) in [7, 11) is 0. The third-order valence-corrected chi connectivity index (χ3v) is 25.9. The van der Waals surface area contributed by atoms with Crippen molar-refractivity contribution in [2.75, 3.05) is 0 Å². The third kappa shape index (κ3) is 13.6. The van der Waals surface area contributed by atoms with E-state index in [-0.39, 0.29) is 20.1 Å². The quantitative estimate of drug-likeness (QED) is 0.135. The number of rotatable bonds is 9. The number of para-hydroxylation sites is 2. The zero-order valence-electron chi connectivity index (χ0n) is 68.7. The molecule has 3 aliphatic rings. The van der Waals surface area contributed by atoms with Crippen molar-refractivity contribution < 1.29 is 8.83 Å². The normalized spacial score (nSPS) is 12.0. The molecule has 2 nitrogen and oxygen atoms in total. The Morgan fingerprint density at radius 3 is 0.664 bits per heavy atom. The zero-order valence-corrected chi connectivity index (χ0v) is 68.7. The van der Waals surface area contributed by atoms with Crippen LogP contribution >= 0.6 is 0 Å². The molecule has 25 rings (SSSR count). The van der Waals surface area contributed by atoms with E-state index < -0.39 is 0 Å². The van der Waals surface area contributed by atoms with Gasteiger partial charge in [0.2, 0.25) is 20.1 Å². The van der Waals surface area contributed by atoms with Crippen LogP contribution in [0.4, 0.5) is 0 Å². The third-order valence-electron chi connectivity index (χ3n) is 25.9. The predicted octanol–water partition coefficient (Wildman–Crippen LogP) is 25.4. The van der Waals surface area contributed by atoms with E-state index in [2.05, 4.69) is 467 Å². The fourth-order valence-electron chi connectivity index (χ4n) is 20.1. The highest BCUT2D eigenvalue weighted by atomic mass is 16.3. The first-order valence-electron chi connectivity index (χ1n) is 43.3. The molecule has 0 atom stereocenters. The van der Waals surface area contributed by atoms with Gasteiger partial charge in [-0.15, -0.1) is 0 Å². The second-order valence-electron chi connectivity index (χ2n) is 33.1. The lowest BCUT2D eigenvalue weighted by Crippen LogP contribution is -2.52. The van der Waals surface area contributed by atoms with E-state index in [1.165, 1.54) is 183 Å². The van der Waals surface area contributed by atoms with Gasteiger partial charge < -0.3 is 8.83 Å². The lowest BCUT2D eigenvalue weighted by atomic mass is 9.35. The molecule has 0 aliphatic carbocycles. The summed E-state index contributed by atoms with van der Waals surface area (Å²) in [6.07, 6.45) is 0.